The SMILES string of the molecule is COc1ccc2nc(CC3CN(C(=O)CC(C)C)CCC3CC(=O)O)[nH]c2c1. The van der Waals surface area contributed by atoms with Gasteiger partial charge in [-0.3, -0.25) is 9.59 Å². The molecule has 152 valence electrons. The zero-order chi connectivity index (χ0) is 20.3. The number of hydrogen-bond acceptors (Lipinski definition) is 4. The second-order valence-corrected chi connectivity index (χ2v) is 8.12. The number of ether oxygens (including phenoxy) is 1. The molecule has 3 rings (SSSR count). The topological polar surface area (TPSA) is 95.5 Å². The van der Waals surface area contributed by atoms with Gasteiger partial charge in [-0.2, -0.15) is 0 Å². The lowest BCUT2D eigenvalue weighted by atomic mass is 9.81. The van der Waals surface area contributed by atoms with Crippen molar-refractivity contribution in [1.82, 2.24) is 14.9 Å². The zero-order valence-electron chi connectivity index (χ0n) is 16.8. The van der Waals surface area contributed by atoms with Gasteiger partial charge in [0.25, 0.3) is 0 Å². The van der Waals surface area contributed by atoms with Crippen molar-refractivity contribution in [3.05, 3.63) is 24.0 Å². The van der Waals surface area contributed by atoms with Gasteiger partial charge in [0.1, 0.15) is 11.6 Å². The van der Waals surface area contributed by atoms with Crippen molar-refractivity contribution in [2.24, 2.45) is 17.8 Å². The van der Waals surface area contributed by atoms with Gasteiger partial charge in [-0.25, -0.2) is 4.98 Å². The normalized spacial score (nSPS) is 19.9. The van der Waals surface area contributed by atoms with Gasteiger partial charge in [0.05, 0.1) is 18.1 Å². The number of H-pyrrole nitrogens is 1. The molecular weight excluding hydrogens is 358 g/mol. The van der Waals surface area contributed by atoms with Crippen LogP contribution in [-0.2, 0) is 16.0 Å². The lowest BCUT2D eigenvalue weighted by molar-refractivity contribution is -0.140. The van der Waals surface area contributed by atoms with E-state index >= 15 is 0 Å². The number of carbonyl (C=O) groups excluding carboxylic acids is 1. The number of carboxylic acids is 1. The van der Waals surface area contributed by atoms with Crippen LogP contribution in [0.4, 0.5) is 0 Å². The summed E-state index contributed by atoms with van der Waals surface area (Å²) in [6, 6.07) is 5.68. The molecule has 2 aromatic rings. The Morgan fingerprint density at radius 2 is 2.14 bits per heavy atom. The van der Waals surface area contributed by atoms with Gasteiger partial charge in [-0.15, -0.1) is 0 Å². The third-order valence-electron chi connectivity index (χ3n) is 5.46. The number of imidazole rings is 1. The molecule has 0 radical (unpaired) electrons. The largest absolute Gasteiger partial charge is 0.497 e. The Hall–Kier alpha value is -2.57. The number of aliphatic carboxylic acids is 1. The molecule has 0 bridgehead atoms. The Morgan fingerprint density at radius 1 is 1.36 bits per heavy atom. The van der Waals surface area contributed by atoms with Gasteiger partial charge in [0.15, 0.2) is 0 Å². The molecule has 0 aliphatic carbocycles. The second-order valence-electron chi connectivity index (χ2n) is 8.12. The highest BCUT2D eigenvalue weighted by atomic mass is 16.5. The lowest BCUT2D eigenvalue weighted by Gasteiger charge is -2.38. The van der Waals surface area contributed by atoms with E-state index < -0.39 is 5.97 Å². The van der Waals surface area contributed by atoms with Crippen molar-refractivity contribution in [2.75, 3.05) is 20.2 Å². The Bertz CT molecular complexity index is 845. The van der Waals surface area contributed by atoms with Gasteiger partial charge in [-0.1, -0.05) is 13.8 Å². The maximum Gasteiger partial charge on any atom is 0.303 e. The molecule has 1 aliphatic rings. The molecule has 7 nitrogen and oxygen atoms in total. The van der Waals surface area contributed by atoms with Crippen molar-refractivity contribution in [2.45, 2.75) is 39.5 Å². The quantitative estimate of drug-likeness (QED) is 0.761. The molecule has 1 fully saturated rings. The summed E-state index contributed by atoms with van der Waals surface area (Å²) in [6.07, 6.45) is 2.00. The fourth-order valence-corrected chi connectivity index (χ4v) is 4.02. The van der Waals surface area contributed by atoms with Crippen LogP contribution >= 0.6 is 0 Å². The van der Waals surface area contributed by atoms with E-state index in [9.17, 15) is 14.7 Å². The summed E-state index contributed by atoms with van der Waals surface area (Å²) in [5, 5.41) is 9.30. The summed E-state index contributed by atoms with van der Waals surface area (Å²) in [5.74, 6) is 1.38. The second kappa shape index (κ2) is 8.63. The van der Waals surface area contributed by atoms with Crippen LogP contribution in [0.3, 0.4) is 0 Å². The van der Waals surface area contributed by atoms with E-state index in [0.29, 0.717) is 31.8 Å². The van der Waals surface area contributed by atoms with E-state index in [2.05, 4.69) is 9.97 Å². The number of carbonyl (C=O) groups is 2. The minimum Gasteiger partial charge on any atom is -0.497 e. The Kier molecular flexibility index (Phi) is 6.21. The number of aromatic nitrogens is 2. The zero-order valence-corrected chi connectivity index (χ0v) is 16.8. The van der Waals surface area contributed by atoms with Crippen LogP contribution in [0.2, 0.25) is 0 Å². The summed E-state index contributed by atoms with van der Waals surface area (Å²) in [7, 11) is 1.62. The van der Waals surface area contributed by atoms with Crippen molar-refractivity contribution >= 4 is 22.9 Å². The third-order valence-corrected chi connectivity index (χ3v) is 5.46. The molecule has 7 heteroatoms. The smallest absolute Gasteiger partial charge is 0.303 e. The molecule has 1 aliphatic heterocycles. The van der Waals surface area contributed by atoms with E-state index in [1.165, 1.54) is 0 Å². The lowest BCUT2D eigenvalue weighted by Crippen LogP contribution is -2.45. The molecule has 1 aromatic carbocycles. The van der Waals surface area contributed by atoms with Crippen LogP contribution in [0.15, 0.2) is 18.2 Å². The van der Waals surface area contributed by atoms with Crippen molar-refractivity contribution in [3.63, 3.8) is 0 Å². The minimum absolute atomic E-state index is 0.0448. The number of nitrogens with one attached hydrogen (secondary N) is 1. The fraction of sp³-hybridized carbons (Fsp3) is 0.571. The first-order valence-corrected chi connectivity index (χ1v) is 9.88. The van der Waals surface area contributed by atoms with Crippen LogP contribution < -0.4 is 4.74 Å². The number of hydrogen-bond donors (Lipinski definition) is 2. The first kappa shape index (κ1) is 20.2. The molecule has 2 unspecified atom stereocenters. The number of piperidine rings is 1. The van der Waals surface area contributed by atoms with Crippen molar-refractivity contribution < 1.29 is 19.4 Å². The molecule has 1 saturated heterocycles. The molecule has 1 amide bonds. The van der Waals surface area contributed by atoms with Gasteiger partial charge in [0.2, 0.25) is 5.91 Å². The molecule has 2 heterocycles. The summed E-state index contributed by atoms with van der Waals surface area (Å²) >= 11 is 0. The number of methoxy groups -OCH3 is 1. The summed E-state index contributed by atoms with van der Waals surface area (Å²) in [4.78, 5) is 33.7. The molecule has 28 heavy (non-hydrogen) atoms. The highest BCUT2D eigenvalue weighted by Crippen LogP contribution is 2.30. The Labute approximate surface area is 165 Å². The highest BCUT2D eigenvalue weighted by Gasteiger charge is 2.33. The van der Waals surface area contributed by atoms with Gasteiger partial charge < -0.3 is 19.7 Å². The Balaban J connectivity index is 1.77. The van der Waals surface area contributed by atoms with E-state index in [-0.39, 0.29) is 24.2 Å². The standard InChI is InChI=1S/C21H29N3O4/c1-13(2)8-20(25)24-7-6-14(10-21(26)27)15(12-24)9-19-22-17-5-4-16(28-3)11-18(17)23-19/h4-5,11,13-15H,6-10,12H2,1-3H3,(H,22,23)(H,26,27). The van der Waals surface area contributed by atoms with E-state index in [4.69, 9.17) is 4.74 Å². The van der Waals surface area contributed by atoms with Crippen molar-refractivity contribution in [1.29, 1.82) is 0 Å². The highest BCUT2D eigenvalue weighted by molar-refractivity contribution is 5.77. The van der Waals surface area contributed by atoms with E-state index in [1.54, 1.807) is 7.11 Å². The first-order chi connectivity index (χ1) is 13.4. The fourth-order valence-electron chi connectivity index (χ4n) is 4.02. The number of likely N-dealkylation sites (tertiary alicyclic amines) is 1. The van der Waals surface area contributed by atoms with Crippen LogP contribution in [0, 0.1) is 17.8 Å². The molecular formula is C21H29N3O4. The molecule has 2 atom stereocenters. The molecule has 1 aromatic heterocycles. The first-order valence-electron chi connectivity index (χ1n) is 9.88. The van der Waals surface area contributed by atoms with Crippen molar-refractivity contribution in [3.8, 4) is 5.75 Å². The third kappa shape index (κ3) is 4.82. The van der Waals surface area contributed by atoms with E-state index in [1.807, 2.05) is 36.9 Å². The molecule has 2 N–H and O–H groups in total. The van der Waals surface area contributed by atoms with Gasteiger partial charge >= 0.3 is 5.97 Å². The molecule has 0 spiro atoms. The number of amides is 1. The number of aromatic amines is 1. The monoisotopic (exact) mass is 387 g/mol. The van der Waals surface area contributed by atoms with Crippen LogP contribution in [0.5, 0.6) is 5.75 Å². The molecule has 0 saturated carbocycles. The number of fused-ring (bicyclic) bond motifs is 1. The number of rotatable bonds is 7. The maximum absolute atomic E-state index is 12.5. The summed E-state index contributed by atoms with van der Waals surface area (Å²) < 4.78 is 5.26. The predicted molar refractivity (Wildman–Crippen MR) is 106 cm³/mol. The van der Waals surface area contributed by atoms with Crippen LogP contribution in [0.25, 0.3) is 11.0 Å². The van der Waals surface area contributed by atoms with Crippen LogP contribution in [0.1, 0.15) is 38.9 Å². The predicted octanol–water partition coefficient (Wildman–Crippen LogP) is 3.10. The van der Waals surface area contributed by atoms with Gasteiger partial charge in [0, 0.05) is 38.4 Å². The Morgan fingerprint density at radius 3 is 2.82 bits per heavy atom. The summed E-state index contributed by atoms with van der Waals surface area (Å²) in [5.41, 5.74) is 1.75. The number of carboxylic acid groups (broad SMARTS) is 1. The van der Waals surface area contributed by atoms with Crippen LogP contribution in [-0.4, -0.2) is 52.1 Å². The van der Waals surface area contributed by atoms with E-state index in [0.717, 1.165) is 29.0 Å². The number of benzene rings is 1. The average Bonchev–Trinajstić information content (AvgIpc) is 3.03. The number of nitrogens with zero attached hydrogens (tertiary/aromatic N) is 2. The minimum atomic E-state index is -0.786. The summed E-state index contributed by atoms with van der Waals surface area (Å²) in [6.45, 7) is 5.30. The average molecular weight is 387 g/mol. The maximum atomic E-state index is 12.5. The van der Waals surface area contributed by atoms with Gasteiger partial charge in [-0.05, 0) is 36.3 Å².